The lowest BCUT2D eigenvalue weighted by Gasteiger charge is -2.30. The summed E-state index contributed by atoms with van der Waals surface area (Å²) in [7, 11) is -2.11. The van der Waals surface area contributed by atoms with Crippen LogP contribution in [0.3, 0.4) is 0 Å². The second-order valence-electron chi connectivity index (χ2n) is 8.32. The molecule has 0 spiro atoms. The second kappa shape index (κ2) is 8.70. The molecule has 0 unspecified atom stereocenters. The molecule has 0 saturated heterocycles. The smallest absolute Gasteiger partial charge is 0.286 e. The molecule has 0 atom stereocenters. The fourth-order valence-corrected chi connectivity index (χ4v) is 5.67. The minimum Gasteiger partial charge on any atom is -0.497 e. The molecule has 0 bridgehead atoms. The summed E-state index contributed by atoms with van der Waals surface area (Å²) in [4.78, 5) is 13.0. The van der Waals surface area contributed by atoms with Crippen molar-refractivity contribution in [1.82, 2.24) is 5.32 Å². The lowest BCUT2D eigenvalue weighted by Crippen LogP contribution is -2.34. The molecule has 2 aromatic rings. The third kappa shape index (κ3) is 4.90. The van der Waals surface area contributed by atoms with Gasteiger partial charge < -0.3 is 15.4 Å². The molecule has 1 aliphatic carbocycles. The Morgan fingerprint density at radius 3 is 2.71 bits per heavy atom. The lowest BCUT2D eigenvalue weighted by atomic mass is 9.78. The highest BCUT2D eigenvalue weighted by atomic mass is 32.2. The van der Waals surface area contributed by atoms with Crippen LogP contribution in [-0.2, 0) is 21.4 Å². The van der Waals surface area contributed by atoms with Gasteiger partial charge in [-0.05, 0) is 48.1 Å². The molecule has 7 nitrogen and oxygen atoms in total. The number of hydrogen-bond acceptors (Lipinski definition) is 5. The number of amidine groups is 1. The van der Waals surface area contributed by atoms with Crippen molar-refractivity contribution in [3.63, 3.8) is 0 Å². The van der Waals surface area contributed by atoms with Gasteiger partial charge in [-0.1, -0.05) is 37.1 Å². The van der Waals surface area contributed by atoms with Gasteiger partial charge >= 0.3 is 0 Å². The van der Waals surface area contributed by atoms with Gasteiger partial charge in [0, 0.05) is 19.4 Å². The average Bonchev–Trinajstić information content (AvgIpc) is 3.19. The Hall–Kier alpha value is -2.87. The van der Waals surface area contributed by atoms with Gasteiger partial charge in [0.15, 0.2) is 0 Å². The van der Waals surface area contributed by atoms with E-state index in [0.29, 0.717) is 30.9 Å². The lowest BCUT2D eigenvalue weighted by molar-refractivity contribution is -0.123. The van der Waals surface area contributed by atoms with Crippen molar-refractivity contribution in [2.75, 3.05) is 12.4 Å². The molecule has 31 heavy (non-hydrogen) atoms. The molecule has 2 aliphatic rings. The molecule has 1 saturated carbocycles. The number of nitrogens with one attached hydrogen (secondary N) is 2. The van der Waals surface area contributed by atoms with Crippen LogP contribution in [0.25, 0.3) is 0 Å². The molecular weight excluding hydrogens is 414 g/mol. The van der Waals surface area contributed by atoms with E-state index in [1.54, 1.807) is 31.4 Å². The topological polar surface area (TPSA) is 96.9 Å². The van der Waals surface area contributed by atoms with E-state index in [0.717, 1.165) is 37.0 Å². The molecule has 164 valence electrons. The maximum atomic E-state index is 12.8. The summed E-state index contributed by atoms with van der Waals surface area (Å²) in [6, 6.07) is 14.4. The van der Waals surface area contributed by atoms with Gasteiger partial charge in [0.25, 0.3) is 10.0 Å². The first-order valence-electron chi connectivity index (χ1n) is 10.5. The highest BCUT2D eigenvalue weighted by Gasteiger charge is 2.38. The molecule has 2 aromatic carbocycles. The summed E-state index contributed by atoms with van der Waals surface area (Å²) in [5.74, 6) is 1.13. The number of methoxy groups -OCH3 is 1. The number of sulfonamides is 1. The number of fused-ring (bicyclic) bond motifs is 1. The number of anilines is 1. The maximum absolute atomic E-state index is 12.8. The van der Waals surface area contributed by atoms with Gasteiger partial charge in [0.05, 0.1) is 12.8 Å². The van der Waals surface area contributed by atoms with E-state index in [1.807, 2.05) is 24.3 Å². The van der Waals surface area contributed by atoms with Crippen LogP contribution in [0.15, 0.2) is 57.8 Å². The van der Waals surface area contributed by atoms with Gasteiger partial charge in [0.2, 0.25) is 5.91 Å². The van der Waals surface area contributed by atoms with E-state index in [1.165, 1.54) is 0 Å². The summed E-state index contributed by atoms with van der Waals surface area (Å²) in [6.45, 7) is 0.424. The average molecular weight is 442 g/mol. The van der Waals surface area contributed by atoms with Crippen LogP contribution in [0.4, 0.5) is 5.69 Å². The van der Waals surface area contributed by atoms with Gasteiger partial charge in [-0.3, -0.25) is 4.79 Å². The number of benzene rings is 2. The van der Waals surface area contributed by atoms with E-state index in [-0.39, 0.29) is 16.2 Å². The van der Waals surface area contributed by atoms with Crippen molar-refractivity contribution in [1.29, 1.82) is 0 Å². The molecule has 1 amide bonds. The van der Waals surface area contributed by atoms with Crippen LogP contribution in [0, 0.1) is 5.41 Å². The molecule has 0 aromatic heterocycles. The predicted octanol–water partition coefficient (Wildman–Crippen LogP) is 3.86. The van der Waals surface area contributed by atoms with E-state index in [4.69, 9.17) is 4.74 Å². The zero-order valence-electron chi connectivity index (χ0n) is 17.6. The third-order valence-corrected chi connectivity index (χ3v) is 7.41. The second-order valence-corrected chi connectivity index (χ2v) is 9.90. The standard InChI is InChI=1S/C23H27N3O4S/c1-30-18-8-6-7-17(13-18)16-24-22(27)15-23(11-4-5-12-23)14-21-25-19-9-2-3-10-20(19)31(28,29)26-21/h2-3,6-10,13H,4-5,11-12,14-16H2,1H3,(H,24,27)(H,25,26). The summed E-state index contributed by atoms with van der Waals surface area (Å²) >= 11 is 0. The minimum atomic E-state index is -3.73. The number of carbonyl (C=O) groups excluding carboxylic acids is 1. The Balaban J connectivity index is 1.44. The first-order chi connectivity index (χ1) is 14.9. The van der Waals surface area contributed by atoms with Crippen molar-refractivity contribution in [3.05, 3.63) is 54.1 Å². The molecule has 1 fully saturated rings. The van der Waals surface area contributed by atoms with Crippen LogP contribution in [-0.4, -0.2) is 27.3 Å². The molecule has 1 heterocycles. The Kier molecular flexibility index (Phi) is 6.00. The van der Waals surface area contributed by atoms with E-state index in [2.05, 4.69) is 15.0 Å². The highest BCUT2D eigenvalue weighted by molar-refractivity contribution is 7.90. The Morgan fingerprint density at radius 2 is 1.94 bits per heavy atom. The van der Waals surface area contributed by atoms with Crippen LogP contribution >= 0.6 is 0 Å². The molecule has 4 rings (SSSR count). The number of nitrogens with zero attached hydrogens (tertiary/aromatic N) is 1. The quantitative estimate of drug-likeness (QED) is 0.680. The number of hydrogen-bond donors (Lipinski definition) is 2. The van der Waals surface area contributed by atoms with Crippen LogP contribution in [0.2, 0.25) is 0 Å². The fraction of sp³-hybridized carbons (Fsp3) is 0.391. The number of amides is 1. The summed E-state index contributed by atoms with van der Waals surface area (Å²) < 4.78 is 34.4. The van der Waals surface area contributed by atoms with Crippen LogP contribution < -0.4 is 15.4 Å². The zero-order valence-corrected chi connectivity index (χ0v) is 18.4. The van der Waals surface area contributed by atoms with Gasteiger partial charge in [-0.2, -0.15) is 8.42 Å². The SMILES string of the molecule is COc1cccc(CNC(=O)CC2(CC3=NS(=O)(=O)c4ccccc4N3)CCCC2)c1. The van der Waals surface area contributed by atoms with Crippen molar-refractivity contribution in [2.24, 2.45) is 9.81 Å². The van der Waals surface area contributed by atoms with Crippen LogP contribution in [0.1, 0.15) is 44.1 Å². The molecule has 0 radical (unpaired) electrons. The van der Waals surface area contributed by atoms with E-state index < -0.39 is 10.0 Å². The maximum Gasteiger partial charge on any atom is 0.286 e. The summed E-state index contributed by atoms with van der Waals surface area (Å²) in [5.41, 5.74) is 1.23. The van der Waals surface area contributed by atoms with Gasteiger partial charge in [0.1, 0.15) is 16.5 Å². The Morgan fingerprint density at radius 1 is 1.16 bits per heavy atom. The predicted molar refractivity (Wildman–Crippen MR) is 120 cm³/mol. The normalized spacial score (nSPS) is 18.4. The first-order valence-corrected chi connectivity index (χ1v) is 11.9. The van der Waals surface area contributed by atoms with Crippen molar-refractivity contribution >= 4 is 27.5 Å². The Bertz CT molecular complexity index is 1110. The molecule has 8 heteroatoms. The highest BCUT2D eigenvalue weighted by Crippen LogP contribution is 2.45. The largest absolute Gasteiger partial charge is 0.497 e. The Labute approximate surface area is 183 Å². The van der Waals surface area contributed by atoms with Gasteiger partial charge in [-0.15, -0.1) is 4.40 Å². The van der Waals surface area contributed by atoms with E-state index in [9.17, 15) is 13.2 Å². The number of rotatable bonds is 7. The molecule has 2 N–H and O–H groups in total. The molecule has 1 aliphatic heterocycles. The summed E-state index contributed by atoms with van der Waals surface area (Å²) in [5, 5.41) is 6.17. The monoisotopic (exact) mass is 441 g/mol. The minimum absolute atomic E-state index is 0.0376. The van der Waals surface area contributed by atoms with E-state index >= 15 is 0 Å². The first kappa shape index (κ1) is 21.4. The van der Waals surface area contributed by atoms with Crippen molar-refractivity contribution < 1.29 is 17.9 Å². The molecular formula is C23H27N3O4S. The fourth-order valence-electron chi connectivity index (χ4n) is 4.53. The summed E-state index contributed by atoms with van der Waals surface area (Å²) in [6.07, 6.45) is 4.59. The number of ether oxygens (including phenoxy) is 1. The third-order valence-electron chi connectivity index (χ3n) is 6.04. The number of para-hydroxylation sites is 1. The van der Waals surface area contributed by atoms with Crippen molar-refractivity contribution in [3.8, 4) is 5.75 Å². The number of carbonyl (C=O) groups is 1. The zero-order chi connectivity index (χ0) is 21.9. The van der Waals surface area contributed by atoms with Crippen LogP contribution in [0.5, 0.6) is 5.75 Å². The van der Waals surface area contributed by atoms with Crippen molar-refractivity contribution in [2.45, 2.75) is 50.0 Å². The van der Waals surface area contributed by atoms with Gasteiger partial charge in [-0.25, -0.2) is 0 Å².